The topological polar surface area (TPSA) is 29.1 Å². The van der Waals surface area contributed by atoms with Crippen molar-refractivity contribution in [2.45, 2.75) is 37.8 Å². The lowest BCUT2D eigenvalue weighted by Crippen LogP contribution is -2.65. The van der Waals surface area contributed by atoms with Gasteiger partial charge in [-0.3, -0.25) is 4.79 Å². The summed E-state index contributed by atoms with van der Waals surface area (Å²) in [5.74, 6) is 1.20. The zero-order valence-corrected chi connectivity index (χ0v) is 11.2. The molecule has 0 aromatic heterocycles. The van der Waals surface area contributed by atoms with Crippen LogP contribution in [0.15, 0.2) is 30.3 Å². The van der Waals surface area contributed by atoms with Crippen LogP contribution in [0, 0.1) is 5.41 Å². The van der Waals surface area contributed by atoms with Crippen molar-refractivity contribution in [3.8, 4) is 0 Å². The van der Waals surface area contributed by atoms with E-state index in [0.717, 1.165) is 18.6 Å². The summed E-state index contributed by atoms with van der Waals surface area (Å²) in [6, 6.07) is 10.4. The summed E-state index contributed by atoms with van der Waals surface area (Å²) >= 11 is 1.84. The standard InChI is InChI=1S/C14H19NOS/c1-3-14(4-2)12(16)15-13(14)17-10-11-8-6-5-7-9-11/h5-9,13H,3-4,10H2,1-2H3,(H,15,16). The molecule has 1 atom stereocenters. The Bertz CT molecular complexity index is 386. The van der Waals surface area contributed by atoms with Crippen LogP contribution in [-0.4, -0.2) is 11.3 Å². The van der Waals surface area contributed by atoms with Crippen LogP contribution in [-0.2, 0) is 10.5 Å². The Morgan fingerprint density at radius 2 is 1.88 bits per heavy atom. The van der Waals surface area contributed by atoms with Crippen molar-refractivity contribution in [1.82, 2.24) is 5.32 Å². The Morgan fingerprint density at radius 1 is 1.24 bits per heavy atom. The predicted octanol–water partition coefficient (Wildman–Crippen LogP) is 3.18. The van der Waals surface area contributed by atoms with Gasteiger partial charge in [0, 0.05) is 5.75 Å². The van der Waals surface area contributed by atoms with E-state index >= 15 is 0 Å². The molecule has 1 aromatic rings. The fourth-order valence-corrected chi connectivity index (χ4v) is 3.84. The van der Waals surface area contributed by atoms with E-state index in [4.69, 9.17) is 0 Å². The molecule has 1 aliphatic heterocycles. The second-order valence-electron chi connectivity index (χ2n) is 4.51. The highest BCUT2D eigenvalue weighted by atomic mass is 32.2. The number of thioether (sulfide) groups is 1. The highest BCUT2D eigenvalue weighted by Gasteiger charge is 2.52. The summed E-state index contributed by atoms with van der Waals surface area (Å²) in [6.45, 7) is 4.22. The number of rotatable bonds is 5. The number of carbonyl (C=O) groups is 1. The fraction of sp³-hybridized carbons (Fsp3) is 0.500. The molecule has 0 saturated carbocycles. The summed E-state index contributed by atoms with van der Waals surface area (Å²) in [7, 11) is 0. The van der Waals surface area contributed by atoms with Crippen molar-refractivity contribution >= 4 is 17.7 Å². The lowest BCUT2D eigenvalue weighted by Gasteiger charge is -2.47. The molecule has 0 spiro atoms. The number of carbonyl (C=O) groups excluding carboxylic acids is 1. The van der Waals surface area contributed by atoms with Crippen molar-refractivity contribution in [3.05, 3.63) is 35.9 Å². The van der Waals surface area contributed by atoms with Gasteiger partial charge in [-0.1, -0.05) is 44.2 Å². The summed E-state index contributed by atoms with van der Waals surface area (Å²) in [5, 5.41) is 3.31. The van der Waals surface area contributed by atoms with Crippen molar-refractivity contribution in [2.75, 3.05) is 0 Å². The molecule has 2 rings (SSSR count). The second kappa shape index (κ2) is 5.13. The zero-order valence-electron chi connectivity index (χ0n) is 10.4. The van der Waals surface area contributed by atoms with Crippen LogP contribution in [0.1, 0.15) is 32.3 Å². The van der Waals surface area contributed by atoms with Gasteiger partial charge in [0.1, 0.15) is 0 Å². The first-order chi connectivity index (χ1) is 8.23. The molecule has 1 fully saturated rings. The average molecular weight is 249 g/mol. The molecule has 1 unspecified atom stereocenters. The minimum absolute atomic E-state index is 0.126. The fourth-order valence-electron chi connectivity index (χ4n) is 2.34. The Balaban J connectivity index is 1.95. The third-order valence-electron chi connectivity index (χ3n) is 3.74. The van der Waals surface area contributed by atoms with E-state index in [1.54, 1.807) is 0 Å². The van der Waals surface area contributed by atoms with E-state index in [2.05, 4.69) is 43.4 Å². The van der Waals surface area contributed by atoms with E-state index in [9.17, 15) is 4.79 Å². The quantitative estimate of drug-likeness (QED) is 0.812. The van der Waals surface area contributed by atoms with Gasteiger partial charge in [-0.15, -0.1) is 11.8 Å². The zero-order chi connectivity index (χ0) is 12.3. The molecule has 2 nitrogen and oxygen atoms in total. The Labute approximate surface area is 107 Å². The normalized spacial score (nSPS) is 21.8. The minimum atomic E-state index is -0.126. The Kier molecular flexibility index (Phi) is 3.77. The lowest BCUT2D eigenvalue weighted by atomic mass is 9.75. The molecular formula is C14H19NOS. The number of hydrogen-bond acceptors (Lipinski definition) is 2. The number of hydrogen-bond donors (Lipinski definition) is 1. The molecule has 17 heavy (non-hydrogen) atoms. The molecule has 1 aliphatic rings. The molecule has 92 valence electrons. The first kappa shape index (κ1) is 12.5. The van der Waals surface area contributed by atoms with Gasteiger partial charge in [-0.2, -0.15) is 0 Å². The Hall–Kier alpha value is -0.960. The van der Waals surface area contributed by atoms with Crippen LogP contribution in [0.5, 0.6) is 0 Å². The Morgan fingerprint density at radius 3 is 2.41 bits per heavy atom. The summed E-state index contributed by atoms with van der Waals surface area (Å²) in [6.07, 6.45) is 1.86. The highest BCUT2D eigenvalue weighted by molar-refractivity contribution is 7.99. The van der Waals surface area contributed by atoms with Gasteiger partial charge in [-0.05, 0) is 18.4 Å². The van der Waals surface area contributed by atoms with Crippen LogP contribution >= 0.6 is 11.8 Å². The van der Waals surface area contributed by atoms with E-state index in [0.29, 0.717) is 0 Å². The lowest BCUT2D eigenvalue weighted by molar-refractivity contribution is -0.142. The predicted molar refractivity (Wildman–Crippen MR) is 72.7 cm³/mol. The summed E-state index contributed by atoms with van der Waals surface area (Å²) in [5.41, 5.74) is 1.19. The first-order valence-corrected chi connectivity index (χ1v) is 7.24. The van der Waals surface area contributed by atoms with E-state index in [-0.39, 0.29) is 16.7 Å². The number of amides is 1. The SMILES string of the molecule is CCC1(CC)C(=O)NC1SCc1ccccc1. The van der Waals surface area contributed by atoms with Crippen molar-refractivity contribution in [3.63, 3.8) is 0 Å². The van der Waals surface area contributed by atoms with Gasteiger partial charge in [0.25, 0.3) is 0 Å². The molecular weight excluding hydrogens is 230 g/mol. The smallest absolute Gasteiger partial charge is 0.230 e. The van der Waals surface area contributed by atoms with Gasteiger partial charge >= 0.3 is 0 Å². The highest BCUT2D eigenvalue weighted by Crippen LogP contribution is 2.44. The molecule has 0 bridgehead atoms. The maximum absolute atomic E-state index is 11.7. The maximum Gasteiger partial charge on any atom is 0.230 e. The maximum atomic E-state index is 11.7. The number of benzene rings is 1. The molecule has 3 heteroatoms. The van der Waals surface area contributed by atoms with Crippen LogP contribution in [0.3, 0.4) is 0 Å². The van der Waals surface area contributed by atoms with Gasteiger partial charge in [0.15, 0.2) is 0 Å². The first-order valence-electron chi connectivity index (χ1n) is 6.19. The molecule has 1 aromatic carbocycles. The van der Waals surface area contributed by atoms with Gasteiger partial charge in [0.2, 0.25) is 5.91 Å². The molecule has 0 radical (unpaired) electrons. The second-order valence-corrected chi connectivity index (χ2v) is 5.61. The summed E-state index contributed by atoms with van der Waals surface area (Å²) in [4.78, 5) is 11.7. The van der Waals surface area contributed by atoms with Crippen molar-refractivity contribution in [2.24, 2.45) is 5.41 Å². The average Bonchev–Trinajstić information content (AvgIpc) is 2.37. The monoisotopic (exact) mass is 249 g/mol. The van der Waals surface area contributed by atoms with E-state index < -0.39 is 0 Å². The largest absolute Gasteiger partial charge is 0.343 e. The molecule has 0 aliphatic carbocycles. The van der Waals surface area contributed by atoms with Crippen LogP contribution in [0.4, 0.5) is 0 Å². The molecule has 1 N–H and O–H groups in total. The van der Waals surface area contributed by atoms with Gasteiger partial charge in [0.05, 0.1) is 10.8 Å². The minimum Gasteiger partial charge on any atom is -0.343 e. The van der Waals surface area contributed by atoms with E-state index in [1.165, 1.54) is 5.56 Å². The summed E-state index contributed by atoms with van der Waals surface area (Å²) < 4.78 is 0. The number of nitrogens with one attached hydrogen (secondary N) is 1. The van der Waals surface area contributed by atoms with Crippen molar-refractivity contribution in [1.29, 1.82) is 0 Å². The number of β-lactam (4-membered cyclic amide) rings is 1. The van der Waals surface area contributed by atoms with Crippen molar-refractivity contribution < 1.29 is 4.79 Å². The molecule has 1 amide bonds. The third-order valence-corrected chi connectivity index (χ3v) is 5.14. The van der Waals surface area contributed by atoms with Crippen LogP contribution < -0.4 is 5.32 Å². The van der Waals surface area contributed by atoms with Crippen LogP contribution in [0.2, 0.25) is 0 Å². The van der Waals surface area contributed by atoms with Gasteiger partial charge < -0.3 is 5.32 Å². The van der Waals surface area contributed by atoms with Crippen LogP contribution in [0.25, 0.3) is 0 Å². The molecule has 1 heterocycles. The third kappa shape index (κ3) is 2.21. The molecule has 1 saturated heterocycles. The van der Waals surface area contributed by atoms with E-state index in [1.807, 2.05) is 17.8 Å². The van der Waals surface area contributed by atoms with Gasteiger partial charge in [-0.25, -0.2) is 0 Å².